The number of hydrogen-bond donors (Lipinski definition) is 1. The van der Waals surface area contributed by atoms with Gasteiger partial charge >= 0.3 is 0 Å². The van der Waals surface area contributed by atoms with Crippen LogP contribution in [0.3, 0.4) is 0 Å². The fourth-order valence-electron chi connectivity index (χ4n) is 3.02. The monoisotopic (exact) mass is 361 g/mol. The highest BCUT2D eigenvalue weighted by Gasteiger charge is 2.28. The summed E-state index contributed by atoms with van der Waals surface area (Å²) in [6.45, 7) is 3.73. The Morgan fingerprint density at radius 2 is 1.84 bits per heavy atom. The van der Waals surface area contributed by atoms with Crippen molar-refractivity contribution in [2.45, 2.75) is 24.7 Å². The summed E-state index contributed by atoms with van der Waals surface area (Å²) in [5.74, 6) is -0.0622. The molecule has 134 valence electrons. The Labute approximate surface area is 148 Å². The number of hydrogen-bond acceptors (Lipinski definition) is 3. The van der Waals surface area contributed by atoms with Crippen LogP contribution in [0.2, 0.25) is 0 Å². The molecule has 1 saturated heterocycles. The fraction of sp³-hybridized carbons (Fsp3) is 0.389. The summed E-state index contributed by atoms with van der Waals surface area (Å²) in [5.41, 5.74) is 1.71. The van der Waals surface area contributed by atoms with Gasteiger partial charge in [0.15, 0.2) is 0 Å². The zero-order valence-corrected chi connectivity index (χ0v) is 15.1. The second-order valence-corrected chi connectivity index (χ2v) is 8.08. The number of sulfonamides is 1. The summed E-state index contributed by atoms with van der Waals surface area (Å²) in [6.07, 6.45) is 4.88. The number of H-pyrrole nitrogens is 1. The molecule has 1 fully saturated rings. The van der Waals surface area contributed by atoms with E-state index >= 15 is 0 Å². The molecule has 1 aliphatic rings. The lowest BCUT2D eigenvalue weighted by atomic mass is 10.2. The van der Waals surface area contributed by atoms with Crippen LogP contribution in [-0.4, -0.2) is 54.7 Å². The average Bonchev–Trinajstić information content (AvgIpc) is 3.05. The Hall–Kier alpha value is -2.12. The lowest BCUT2D eigenvalue weighted by Crippen LogP contribution is -2.37. The number of aromatic amines is 1. The predicted molar refractivity (Wildman–Crippen MR) is 95.9 cm³/mol. The smallest absolute Gasteiger partial charge is 0.255 e. The average molecular weight is 361 g/mol. The van der Waals surface area contributed by atoms with Crippen LogP contribution in [0.15, 0.2) is 47.6 Å². The molecule has 7 heteroatoms. The van der Waals surface area contributed by atoms with Crippen molar-refractivity contribution in [3.8, 4) is 0 Å². The lowest BCUT2D eigenvalue weighted by Gasteiger charge is -2.21. The minimum Gasteiger partial charge on any atom is -0.367 e. The molecule has 0 radical (unpaired) electrons. The van der Waals surface area contributed by atoms with Gasteiger partial charge in [-0.15, -0.1) is 0 Å². The van der Waals surface area contributed by atoms with Crippen molar-refractivity contribution >= 4 is 15.9 Å². The van der Waals surface area contributed by atoms with Crippen molar-refractivity contribution in [1.82, 2.24) is 14.2 Å². The summed E-state index contributed by atoms with van der Waals surface area (Å²) in [7, 11) is -3.52. The van der Waals surface area contributed by atoms with Crippen LogP contribution in [0.4, 0.5) is 0 Å². The molecule has 2 heterocycles. The number of nitrogens with one attached hydrogen (secondary N) is 1. The van der Waals surface area contributed by atoms with Gasteiger partial charge in [-0.2, -0.15) is 4.31 Å². The minimum atomic E-state index is -3.52. The Bertz CT molecular complexity index is 814. The first kappa shape index (κ1) is 17.7. The van der Waals surface area contributed by atoms with Gasteiger partial charge in [0.1, 0.15) is 0 Å². The Kier molecular flexibility index (Phi) is 5.24. The van der Waals surface area contributed by atoms with E-state index in [1.807, 2.05) is 19.1 Å². The molecule has 0 spiro atoms. The molecule has 0 aliphatic carbocycles. The van der Waals surface area contributed by atoms with Crippen molar-refractivity contribution in [3.63, 3.8) is 0 Å². The molecule has 0 bridgehead atoms. The van der Waals surface area contributed by atoms with Gasteiger partial charge in [0, 0.05) is 38.6 Å². The molecule has 1 aliphatic heterocycles. The van der Waals surface area contributed by atoms with E-state index in [0.29, 0.717) is 43.1 Å². The third-order valence-corrected chi connectivity index (χ3v) is 6.47. The van der Waals surface area contributed by atoms with Crippen LogP contribution >= 0.6 is 0 Å². The molecule has 1 amide bonds. The number of rotatable bonds is 4. The maximum absolute atomic E-state index is 12.9. The van der Waals surface area contributed by atoms with Crippen molar-refractivity contribution in [2.24, 2.45) is 0 Å². The van der Waals surface area contributed by atoms with Gasteiger partial charge in [0.2, 0.25) is 10.0 Å². The largest absolute Gasteiger partial charge is 0.367 e. The molecule has 1 N–H and O–H groups in total. The number of aryl methyl sites for hydroxylation is 1. The highest BCUT2D eigenvalue weighted by atomic mass is 32.2. The molecule has 3 rings (SSSR count). The van der Waals surface area contributed by atoms with Crippen molar-refractivity contribution in [1.29, 1.82) is 0 Å². The molecule has 0 saturated carbocycles. The maximum atomic E-state index is 12.9. The fourth-order valence-corrected chi connectivity index (χ4v) is 4.49. The van der Waals surface area contributed by atoms with Crippen LogP contribution in [-0.2, 0) is 16.4 Å². The van der Waals surface area contributed by atoms with Gasteiger partial charge in [-0.25, -0.2) is 8.42 Å². The summed E-state index contributed by atoms with van der Waals surface area (Å²) in [4.78, 5) is 17.4. The van der Waals surface area contributed by atoms with Gasteiger partial charge < -0.3 is 9.88 Å². The quantitative estimate of drug-likeness (QED) is 0.906. The van der Waals surface area contributed by atoms with Gasteiger partial charge in [0.05, 0.1) is 10.5 Å². The van der Waals surface area contributed by atoms with Gasteiger partial charge in [-0.05, 0) is 36.6 Å². The number of nitrogens with zero attached hydrogens (tertiary/aromatic N) is 2. The number of carbonyl (C=O) groups is 1. The second-order valence-electron chi connectivity index (χ2n) is 6.15. The number of benzene rings is 1. The number of aromatic nitrogens is 1. The third-order valence-electron chi connectivity index (χ3n) is 4.56. The third kappa shape index (κ3) is 3.77. The topological polar surface area (TPSA) is 73.5 Å². The molecule has 0 atom stereocenters. The number of carbonyl (C=O) groups excluding carboxylic acids is 1. The molecular weight excluding hydrogens is 338 g/mol. The predicted octanol–water partition coefficient (Wildman–Crippen LogP) is 2.11. The lowest BCUT2D eigenvalue weighted by molar-refractivity contribution is 0.0764. The first-order valence-corrected chi connectivity index (χ1v) is 9.97. The highest BCUT2D eigenvalue weighted by Crippen LogP contribution is 2.19. The van der Waals surface area contributed by atoms with Crippen molar-refractivity contribution in [3.05, 3.63) is 53.9 Å². The van der Waals surface area contributed by atoms with E-state index in [0.717, 1.165) is 12.0 Å². The Balaban J connectivity index is 1.72. The van der Waals surface area contributed by atoms with Crippen LogP contribution < -0.4 is 0 Å². The summed E-state index contributed by atoms with van der Waals surface area (Å²) < 4.78 is 27.2. The molecule has 1 aromatic heterocycles. The molecule has 2 aromatic rings. The van der Waals surface area contributed by atoms with Crippen LogP contribution in [0.25, 0.3) is 0 Å². The van der Waals surface area contributed by atoms with Gasteiger partial charge in [0.25, 0.3) is 5.91 Å². The van der Waals surface area contributed by atoms with E-state index < -0.39 is 10.0 Å². The first-order valence-electron chi connectivity index (χ1n) is 8.53. The number of amides is 1. The van der Waals surface area contributed by atoms with Crippen LogP contribution in [0.1, 0.15) is 29.3 Å². The Morgan fingerprint density at radius 3 is 2.48 bits per heavy atom. The van der Waals surface area contributed by atoms with Crippen molar-refractivity contribution < 1.29 is 13.2 Å². The summed E-state index contributed by atoms with van der Waals surface area (Å²) in [5, 5.41) is 0. The second kappa shape index (κ2) is 7.41. The molecule has 0 unspecified atom stereocenters. The van der Waals surface area contributed by atoms with E-state index in [1.165, 1.54) is 4.31 Å². The maximum Gasteiger partial charge on any atom is 0.255 e. The van der Waals surface area contributed by atoms with E-state index in [9.17, 15) is 13.2 Å². The van der Waals surface area contributed by atoms with Gasteiger partial charge in [-0.3, -0.25) is 4.79 Å². The summed E-state index contributed by atoms with van der Waals surface area (Å²) >= 11 is 0. The van der Waals surface area contributed by atoms with Crippen LogP contribution in [0, 0.1) is 0 Å². The van der Waals surface area contributed by atoms with E-state index in [1.54, 1.807) is 35.5 Å². The van der Waals surface area contributed by atoms with Crippen molar-refractivity contribution in [2.75, 3.05) is 26.2 Å². The SMILES string of the molecule is CCc1ccc(S(=O)(=O)N2CCCN(C(=O)c3cc[nH]c3)CC2)cc1. The normalized spacial score (nSPS) is 16.6. The van der Waals surface area contributed by atoms with E-state index in [4.69, 9.17) is 0 Å². The highest BCUT2D eigenvalue weighted by molar-refractivity contribution is 7.89. The summed E-state index contributed by atoms with van der Waals surface area (Å²) in [6, 6.07) is 8.78. The molecule has 1 aromatic carbocycles. The molecule has 6 nitrogen and oxygen atoms in total. The molecule has 25 heavy (non-hydrogen) atoms. The zero-order chi connectivity index (χ0) is 17.9. The van der Waals surface area contributed by atoms with Crippen LogP contribution in [0.5, 0.6) is 0 Å². The first-order chi connectivity index (χ1) is 12.0. The molecular formula is C18H23N3O3S. The van der Waals surface area contributed by atoms with E-state index in [2.05, 4.69) is 4.98 Å². The Morgan fingerprint density at radius 1 is 1.08 bits per heavy atom. The van der Waals surface area contributed by atoms with E-state index in [-0.39, 0.29) is 5.91 Å². The minimum absolute atomic E-state index is 0.0622. The van der Waals surface area contributed by atoms with Gasteiger partial charge in [-0.1, -0.05) is 19.1 Å². The standard InChI is InChI=1S/C18H23N3O3S/c1-2-15-4-6-17(7-5-15)25(23,24)21-11-3-10-20(12-13-21)18(22)16-8-9-19-14-16/h4-9,14,19H,2-3,10-13H2,1H3. The zero-order valence-electron chi connectivity index (χ0n) is 14.3.